The summed E-state index contributed by atoms with van der Waals surface area (Å²) in [6.07, 6.45) is 1.51. The van der Waals surface area contributed by atoms with Crippen LogP contribution in [0.3, 0.4) is 0 Å². The number of hydrogen-bond donors (Lipinski definition) is 7. The Labute approximate surface area is 130 Å². The summed E-state index contributed by atoms with van der Waals surface area (Å²) in [4.78, 5) is 10.4. The second-order valence-electron chi connectivity index (χ2n) is 5.66. The maximum absolute atomic E-state index is 10.4. The maximum Gasteiger partial charge on any atom is 0.330 e. The summed E-state index contributed by atoms with van der Waals surface area (Å²) in [5.74, 6) is -1.05. The summed E-state index contributed by atoms with van der Waals surface area (Å²) in [6, 6.07) is 0. The standard InChI is InChI=1S/C9H16O5.C5H12O3/c1-7(8(13)14)2-3-9(4-10,5-11)6-12;1-5(2-6,3-7)4-8/h2,10-12H,3-6H2,1H3,(H,13,14);6-8H,2-4H2,1H3. The van der Waals surface area contributed by atoms with Gasteiger partial charge in [-0.1, -0.05) is 13.0 Å². The lowest BCUT2D eigenvalue weighted by molar-refractivity contribution is -0.132. The van der Waals surface area contributed by atoms with E-state index in [1.807, 2.05) is 0 Å². The van der Waals surface area contributed by atoms with Gasteiger partial charge in [0, 0.05) is 16.4 Å². The van der Waals surface area contributed by atoms with Crippen molar-refractivity contribution in [3.63, 3.8) is 0 Å². The maximum atomic E-state index is 10.4. The molecule has 8 heteroatoms. The van der Waals surface area contributed by atoms with E-state index in [9.17, 15) is 4.79 Å². The van der Waals surface area contributed by atoms with E-state index in [4.69, 9.17) is 35.7 Å². The first-order valence-corrected chi connectivity index (χ1v) is 6.75. The SMILES string of the molecule is CC(=CCC(CO)(CO)CO)C(=O)O.CC(CO)(CO)CO. The van der Waals surface area contributed by atoms with E-state index >= 15 is 0 Å². The van der Waals surface area contributed by atoms with E-state index in [0.717, 1.165) is 0 Å². The van der Waals surface area contributed by atoms with Crippen molar-refractivity contribution in [3.05, 3.63) is 11.6 Å². The molecular formula is C14H28O8. The number of aliphatic carboxylic acids is 1. The van der Waals surface area contributed by atoms with Crippen molar-refractivity contribution in [1.82, 2.24) is 0 Å². The number of hydrogen-bond acceptors (Lipinski definition) is 7. The lowest BCUT2D eigenvalue weighted by atomic mass is 9.86. The molecule has 0 aliphatic carbocycles. The third kappa shape index (κ3) is 8.42. The van der Waals surface area contributed by atoms with Gasteiger partial charge >= 0.3 is 5.97 Å². The van der Waals surface area contributed by atoms with Gasteiger partial charge in [0.2, 0.25) is 0 Å². The molecule has 0 heterocycles. The van der Waals surface area contributed by atoms with Crippen LogP contribution in [-0.4, -0.2) is 81.4 Å². The van der Waals surface area contributed by atoms with Gasteiger partial charge in [-0.25, -0.2) is 4.79 Å². The highest BCUT2D eigenvalue weighted by Gasteiger charge is 2.26. The zero-order chi connectivity index (χ0) is 17.8. The zero-order valence-electron chi connectivity index (χ0n) is 13.1. The first-order valence-electron chi connectivity index (χ1n) is 6.75. The molecule has 0 saturated carbocycles. The minimum absolute atomic E-state index is 0.129. The largest absolute Gasteiger partial charge is 0.478 e. The predicted octanol–water partition coefficient (Wildman–Crippen LogP) is -1.66. The van der Waals surface area contributed by atoms with Crippen LogP contribution in [0.25, 0.3) is 0 Å². The van der Waals surface area contributed by atoms with Crippen LogP contribution in [0.1, 0.15) is 20.3 Å². The van der Waals surface area contributed by atoms with Crippen LogP contribution in [0.5, 0.6) is 0 Å². The van der Waals surface area contributed by atoms with Gasteiger partial charge in [-0.05, 0) is 13.3 Å². The van der Waals surface area contributed by atoms with Crippen molar-refractivity contribution < 1.29 is 40.5 Å². The second kappa shape index (κ2) is 11.5. The lowest BCUT2D eigenvalue weighted by Crippen LogP contribution is -2.33. The van der Waals surface area contributed by atoms with E-state index in [2.05, 4.69) is 0 Å². The Hall–Kier alpha value is -1.03. The molecule has 0 aliphatic rings. The Balaban J connectivity index is 0. The topological polar surface area (TPSA) is 159 Å². The smallest absolute Gasteiger partial charge is 0.330 e. The number of carbonyl (C=O) groups is 1. The molecule has 0 aliphatic heterocycles. The monoisotopic (exact) mass is 324 g/mol. The lowest BCUT2D eigenvalue weighted by Gasteiger charge is -2.25. The molecule has 132 valence electrons. The van der Waals surface area contributed by atoms with Crippen LogP contribution in [-0.2, 0) is 4.79 Å². The summed E-state index contributed by atoms with van der Waals surface area (Å²) < 4.78 is 0. The summed E-state index contributed by atoms with van der Waals surface area (Å²) in [5.41, 5.74) is -1.61. The molecule has 0 radical (unpaired) electrons. The number of aliphatic hydroxyl groups is 6. The number of carboxylic acid groups (broad SMARTS) is 1. The van der Waals surface area contributed by atoms with Crippen molar-refractivity contribution in [2.45, 2.75) is 20.3 Å². The highest BCUT2D eigenvalue weighted by atomic mass is 16.4. The second-order valence-corrected chi connectivity index (χ2v) is 5.66. The fourth-order valence-corrected chi connectivity index (χ4v) is 0.951. The van der Waals surface area contributed by atoms with Gasteiger partial charge in [-0.15, -0.1) is 0 Å². The van der Waals surface area contributed by atoms with Crippen LogP contribution < -0.4 is 0 Å². The zero-order valence-corrected chi connectivity index (χ0v) is 13.1. The Morgan fingerprint density at radius 2 is 1.23 bits per heavy atom. The summed E-state index contributed by atoms with van der Waals surface area (Å²) in [6.45, 7) is 1.32. The van der Waals surface area contributed by atoms with E-state index in [1.54, 1.807) is 6.92 Å². The Morgan fingerprint density at radius 1 is 0.864 bits per heavy atom. The molecule has 0 rings (SSSR count). The normalized spacial score (nSPS) is 12.6. The van der Waals surface area contributed by atoms with E-state index in [1.165, 1.54) is 13.0 Å². The van der Waals surface area contributed by atoms with E-state index in [0.29, 0.717) is 0 Å². The molecule has 0 atom stereocenters. The average Bonchev–Trinajstić information content (AvgIpc) is 2.56. The molecule has 0 bridgehead atoms. The minimum atomic E-state index is -1.05. The number of allylic oxidation sites excluding steroid dienone is 1. The van der Waals surface area contributed by atoms with Crippen molar-refractivity contribution >= 4 is 5.97 Å². The quantitative estimate of drug-likeness (QED) is 0.248. The molecular weight excluding hydrogens is 296 g/mol. The van der Waals surface area contributed by atoms with Gasteiger partial charge in [0.1, 0.15) is 0 Å². The van der Waals surface area contributed by atoms with Gasteiger partial charge in [-0.2, -0.15) is 0 Å². The van der Waals surface area contributed by atoms with Crippen LogP contribution in [0, 0.1) is 10.8 Å². The first-order chi connectivity index (χ1) is 10.2. The first kappa shape index (κ1) is 23.2. The molecule has 0 aromatic rings. The highest BCUT2D eigenvalue weighted by molar-refractivity contribution is 5.85. The van der Waals surface area contributed by atoms with Crippen molar-refractivity contribution in [2.24, 2.45) is 10.8 Å². The summed E-state index contributed by atoms with van der Waals surface area (Å²) in [7, 11) is 0. The molecule has 0 aromatic heterocycles. The van der Waals surface area contributed by atoms with Crippen molar-refractivity contribution in [1.29, 1.82) is 0 Å². The molecule has 0 spiro atoms. The Bertz CT molecular complexity index is 315. The summed E-state index contributed by atoms with van der Waals surface area (Å²) >= 11 is 0. The van der Waals surface area contributed by atoms with Gasteiger partial charge < -0.3 is 35.7 Å². The van der Waals surface area contributed by atoms with Gasteiger partial charge in [-0.3, -0.25) is 0 Å². The Morgan fingerprint density at radius 3 is 1.41 bits per heavy atom. The molecule has 0 aromatic carbocycles. The molecule has 8 nitrogen and oxygen atoms in total. The highest BCUT2D eigenvalue weighted by Crippen LogP contribution is 2.21. The van der Waals surface area contributed by atoms with Crippen molar-refractivity contribution in [2.75, 3.05) is 39.6 Å². The number of aliphatic hydroxyl groups excluding tert-OH is 6. The molecule has 0 amide bonds. The Kier molecular flexibility index (Phi) is 12.2. The predicted molar refractivity (Wildman–Crippen MR) is 79.1 cm³/mol. The third-order valence-corrected chi connectivity index (χ3v) is 3.33. The fourth-order valence-electron chi connectivity index (χ4n) is 0.951. The van der Waals surface area contributed by atoms with E-state index < -0.39 is 16.8 Å². The molecule has 22 heavy (non-hydrogen) atoms. The van der Waals surface area contributed by atoms with Gasteiger partial charge in [0.15, 0.2) is 0 Å². The van der Waals surface area contributed by atoms with Crippen LogP contribution >= 0.6 is 0 Å². The van der Waals surface area contributed by atoms with Crippen LogP contribution in [0.2, 0.25) is 0 Å². The van der Waals surface area contributed by atoms with Crippen LogP contribution in [0.15, 0.2) is 11.6 Å². The van der Waals surface area contributed by atoms with E-state index in [-0.39, 0.29) is 51.6 Å². The molecule has 0 fully saturated rings. The average molecular weight is 324 g/mol. The minimum Gasteiger partial charge on any atom is -0.478 e. The van der Waals surface area contributed by atoms with Crippen molar-refractivity contribution in [3.8, 4) is 0 Å². The molecule has 7 N–H and O–H groups in total. The molecule has 0 saturated heterocycles. The summed E-state index contributed by atoms with van der Waals surface area (Å²) in [5, 5.41) is 60.7. The number of rotatable bonds is 9. The number of carboxylic acids is 1. The molecule has 0 unspecified atom stereocenters. The fraction of sp³-hybridized carbons (Fsp3) is 0.786. The van der Waals surface area contributed by atoms with Gasteiger partial charge in [0.05, 0.1) is 39.6 Å². The van der Waals surface area contributed by atoms with Crippen LogP contribution in [0.4, 0.5) is 0 Å². The third-order valence-electron chi connectivity index (χ3n) is 3.33. The van der Waals surface area contributed by atoms with Gasteiger partial charge in [0.25, 0.3) is 0 Å².